The lowest BCUT2D eigenvalue weighted by atomic mass is 9.86. The number of nitrogens with one attached hydrogen (secondary N) is 1. The largest absolute Gasteiger partial charge is 0.481 e. The number of carbonyl (C=O) groups is 2. The fraction of sp³-hybridized carbons (Fsp3) is 0.833. The molecule has 0 aliphatic carbocycles. The number of carboxylic acid groups (broad SMARTS) is 1. The first kappa shape index (κ1) is 16.6. The van der Waals surface area contributed by atoms with Crippen molar-refractivity contribution in [1.82, 2.24) is 10.2 Å². The van der Waals surface area contributed by atoms with Crippen LogP contribution in [0.5, 0.6) is 0 Å². The SMILES string of the molecule is CCCCCNC(=O)N1CCC(C(=O)O)(C(F)(F)F)C1. The minimum Gasteiger partial charge on any atom is -0.481 e. The molecule has 2 N–H and O–H groups in total. The second-order valence-electron chi connectivity index (χ2n) is 5.00. The Morgan fingerprint density at radius 1 is 1.35 bits per heavy atom. The first-order valence-electron chi connectivity index (χ1n) is 6.57. The summed E-state index contributed by atoms with van der Waals surface area (Å²) in [6.07, 6.45) is -2.83. The monoisotopic (exact) mass is 296 g/mol. The summed E-state index contributed by atoms with van der Waals surface area (Å²) in [5.41, 5.74) is -2.84. The van der Waals surface area contributed by atoms with E-state index in [2.05, 4.69) is 5.32 Å². The minimum absolute atomic E-state index is 0.203. The highest BCUT2D eigenvalue weighted by molar-refractivity contribution is 5.80. The number of likely N-dealkylation sites (tertiary alicyclic amines) is 1. The third-order valence-electron chi connectivity index (χ3n) is 3.57. The molecule has 1 aliphatic heterocycles. The van der Waals surface area contributed by atoms with Crippen molar-refractivity contribution >= 4 is 12.0 Å². The average molecular weight is 296 g/mol. The van der Waals surface area contributed by atoms with E-state index in [1.807, 2.05) is 6.92 Å². The van der Waals surface area contributed by atoms with E-state index >= 15 is 0 Å². The van der Waals surface area contributed by atoms with Gasteiger partial charge < -0.3 is 15.3 Å². The van der Waals surface area contributed by atoms with Crippen LogP contribution in [0.15, 0.2) is 0 Å². The molecule has 1 unspecified atom stereocenters. The molecule has 1 atom stereocenters. The number of halogens is 3. The first-order valence-corrected chi connectivity index (χ1v) is 6.57. The molecule has 0 radical (unpaired) electrons. The summed E-state index contributed by atoms with van der Waals surface area (Å²) in [6.45, 7) is 1.35. The van der Waals surface area contributed by atoms with E-state index < -0.39 is 36.6 Å². The predicted octanol–water partition coefficient (Wildman–Crippen LogP) is 2.23. The lowest BCUT2D eigenvalue weighted by molar-refractivity contribution is -0.226. The number of hydrogen-bond donors (Lipinski definition) is 2. The molecule has 1 fully saturated rings. The molecule has 0 aromatic rings. The third kappa shape index (κ3) is 3.34. The zero-order chi connectivity index (χ0) is 15.4. The van der Waals surface area contributed by atoms with Gasteiger partial charge in [-0.25, -0.2) is 4.79 Å². The molecular formula is C12H19F3N2O3. The number of rotatable bonds is 5. The normalized spacial score (nSPS) is 22.9. The van der Waals surface area contributed by atoms with E-state index in [0.717, 1.165) is 24.2 Å². The van der Waals surface area contributed by atoms with Gasteiger partial charge in [0.1, 0.15) is 0 Å². The molecule has 1 aliphatic rings. The number of nitrogens with zero attached hydrogens (tertiary/aromatic N) is 1. The maximum Gasteiger partial charge on any atom is 0.406 e. The summed E-state index contributed by atoms with van der Waals surface area (Å²) in [6, 6.07) is -0.631. The molecule has 8 heteroatoms. The molecule has 20 heavy (non-hydrogen) atoms. The first-order chi connectivity index (χ1) is 9.24. The van der Waals surface area contributed by atoms with Crippen molar-refractivity contribution in [2.75, 3.05) is 19.6 Å². The maximum atomic E-state index is 12.9. The summed E-state index contributed by atoms with van der Waals surface area (Å²) >= 11 is 0. The van der Waals surface area contributed by atoms with Crippen molar-refractivity contribution in [2.45, 2.75) is 38.8 Å². The summed E-state index contributed by atoms with van der Waals surface area (Å²) in [5.74, 6) is -1.92. The third-order valence-corrected chi connectivity index (χ3v) is 3.57. The number of unbranched alkanes of at least 4 members (excludes halogenated alkanes) is 2. The summed E-state index contributed by atoms with van der Waals surface area (Å²) < 4.78 is 38.7. The molecule has 5 nitrogen and oxygen atoms in total. The summed E-state index contributed by atoms with van der Waals surface area (Å²) in [4.78, 5) is 23.6. The quantitative estimate of drug-likeness (QED) is 0.764. The number of hydrogen-bond acceptors (Lipinski definition) is 2. The van der Waals surface area contributed by atoms with Crippen molar-refractivity contribution in [3.63, 3.8) is 0 Å². The van der Waals surface area contributed by atoms with Gasteiger partial charge in [0, 0.05) is 19.6 Å². The van der Waals surface area contributed by atoms with E-state index in [-0.39, 0.29) is 6.54 Å². The Morgan fingerprint density at radius 2 is 2.00 bits per heavy atom. The van der Waals surface area contributed by atoms with Gasteiger partial charge in [-0.3, -0.25) is 4.79 Å². The van der Waals surface area contributed by atoms with Gasteiger partial charge in [0.05, 0.1) is 0 Å². The van der Waals surface area contributed by atoms with E-state index in [1.54, 1.807) is 0 Å². The van der Waals surface area contributed by atoms with Gasteiger partial charge in [0.25, 0.3) is 0 Å². The van der Waals surface area contributed by atoms with E-state index in [9.17, 15) is 22.8 Å². The summed E-state index contributed by atoms with van der Waals surface area (Å²) in [5, 5.41) is 11.4. The molecule has 0 bridgehead atoms. The maximum absolute atomic E-state index is 12.9. The van der Waals surface area contributed by atoms with Crippen LogP contribution in [0.4, 0.5) is 18.0 Å². The van der Waals surface area contributed by atoms with Gasteiger partial charge in [0.2, 0.25) is 0 Å². The molecule has 0 aromatic heterocycles. The van der Waals surface area contributed by atoms with Crippen LogP contribution in [0.25, 0.3) is 0 Å². The van der Waals surface area contributed by atoms with Crippen LogP contribution in [0.1, 0.15) is 32.6 Å². The highest BCUT2D eigenvalue weighted by Crippen LogP contribution is 2.45. The van der Waals surface area contributed by atoms with Crippen LogP contribution in [0.2, 0.25) is 0 Å². The molecule has 1 rings (SSSR count). The van der Waals surface area contributed by atoms with E-state index in [0.29, 0.717) is 6.54 Å². The Labute approximate surface area is 115 Å². The fourth-order valence-electron chi connectivity index (χ4n) is 2.19. The molecule has 116 valence electrons. The Hall–Kier alpha value is -1.47. The molecule has 1 heterocycles. The number of carboxylic acids is 1. The molecular weight excluding hydrogens is 277 g/mol. The minimum atomic E-state index is -4.87. The van der Waals surface area contributed by atoms with E-state index in [4.69, 9.17) is 5.11 Å². The Bertz CT molecular complexity index is 373. The van der Waals surface area contributed by atoms with Crippen LogP contribution in [-0.4, -0.2) is 47.8 Å². The van der Waals surface area contributed by atoms with Crippen LogP contribution < -0.4 is 5.32 Å². The van der Waals surface area contributed by atoms with Gasteiger partial charge in [-0.15, -0.1) is 0 Å². The molecule has 0 aromatic carbocycles. The molecule has 0 spiro atoms. The standard InChI is InChI=1S/C12H19F3N2O3/c1-2-3-4-6-16-10(20)17-7-5-11(8-17,9(18)19)12(13,14)15/h2-8H2,1H3,(H,16,20)(H,18,19). The van der Waals surface area contributed by atoms with Gasteiger partial charge in [-0.05, 0) is 12.8 Å². The van der Waals surface area contributed by atoms with Crippen LogP contribution in [0.3, 0.4) is 0 Å². The van der Waals surface area contributed by atoms with Gasteiger partial charge in [-0.1, -0.05) is 19.8 Å². The Morgan fingerprint density at radius 3 is 2.45 bits per heavy atom. The number of carbonyl (C=O) groups excluding carboxylic acids is 1. The lowest BCUT2D eigenvalue weighted by Gasteiger charge is -2.27. The second kappa shape index (κ2) is 6.32. The lowest BCUT2D eigenvalue weighted by Crippen LogP contribution is -2.49. The average Bonchev–Trinajstić information content (AvgIpc) is 2.80. The number of aliphatic carboxylic acids is 1. The molecule has 1 saturated heterocycles. The van der Waals surface area contributed by atoms with Crippen molar-refractivity contribution < 1.29 is 27.9 Å². The Kier molecular flexibility index (Phi) is 5.24. The van der Waals surface area contributed by atoms with Crippen LogP contribution in [0, 0.1) is 5.41 Å². The Balaban J connectivity index is 2.61. The van der Waals surface area contributed by atoms with Crippen LogP contribution >= 0.6 is 0 Å². The van der Waals surface area contributed by atoms with E-state index in [1.165, 1.54) is 0 Å². The second-order valence-corrected chi connectivity index (χ2v) is 5.00. The van der Waals surface area contributed by atoms with Crippen LogP contribution in [-0.2, 0) is 4.79 Å². The predicted molar refractivity (Wildman–Crippen MR) is 65.2 cm³/mol. The highest BCUT2D eigenvalue weighted by atomic mass is 19.4. The van der Waals surface area contributed by atoms with Gasteiger partial charge in [0.15, 0.2) is 5.41 Å². The summed E-state index contributed by atoms with van der Waals surface area (Å²) in [7, 11) is 0. The van der Waals surface area contributed by atoms with Crippen molar-refractivity contribution in [2.24, 2.45) is 5.41 Å². The fourth-order valence-corrected chi connectivity index (χ4v) is 2.19. The van der Waals surface area contributed by atoms with Gasteiger partial charge in [-0.2, -0.15) is 13.2 Å². The number of urea groups is 1. The molecule has 0 saturated carbocycles. The smallest absolute Gasteiger partial charge is 0.406 e. The van der Waals surface area contributed by atoms with Crippen molar-refractivity contribution in [3.8, 4) is 0 Å². The molecule has 2 amide bonds. The van der Waals surface area contributed by atoms with Crippen molar-refractivity contribution in [3.05, 3.63) is 0 Å². The topological polar surface area (TPSA) is 69.6 Å². The zero-order valence-electron chi connectivity index (χ0n) is 11.3. The number of amides is 2. The zero-order valence-corrected chi connectivity index (χ0v) is 11.3. The van der Waals surface area contributed by atoms with Crippen molar-refractivity contribution in [1.29, 1.82) is 0 Å². The highest BCUT2D eigenvalue weighted by Gasteiger charge is 2.64. The van der Waals surface area contributed by atoms with Gasteiger partial charge >= 0.3 is 18.2 Å². The number of alkyl halides is 3.